The van der Waals surface area contributed by atoms with Crippen molar-refractivity contribution in [2.45, 2.75) is 56.1 Å². The Bertz CT molecular complexity index is 647. The number of hydrogen-bond donors (Lipinski definition) is 1. The van der Waals surface area contributed by atoms with Gasteiger partial charge < -0.3 is 4.74 Å². The molecule has 0 fully saturated rings. The van der Waals surface area contributed by atoms with E-state index < -0.39 is 24.1 Å². The first-order valence-electron chi connectivity index (χ1n) is 6.87. The number of nitrogens with one attached hydrogen (secondary N) is 1. The van der Waals surface area contributed by atoms with Gasteiger partial charge in [0.15, 0.2) is 10.0 Å². The summed E-state index contributed by atoms with van der Waals surface area (Å²) in [7, 11) is -6.11. The predicted octanol–water partition coefficient (Wildman–Crippen LogP) is 3.24. The molecule has 21 heavy (non-hydrogen) atoms. The molecule has 0 aliphatic carbocycles. The van der Waals surface area contributed by atoms with E-state index in [4.69, 9.17) is 4.74 Å². The van der Waals surface area contributed by atoms with Gasteiger partial charge in [0.05, 0.1) is 13.2 Å². The highest BCUT2D eigenvalue weighted by Crippen LogP contribution is 2.38. The van der Waals surface area contributed by atoms with Crippen LogP contribution < -0.4 is 4.39 Å². The highest BCUT2D eigenvalue weighted by Gasteiger charge is 2.41. The molecule has 0 amide bonds. The third kappa shape index (κ3) is 3.24. The molecule has 1 aliphatic rings. The zero-order chi connectivity index (χ0) is 16.1. The lowest BCUT2D eigenvalue weighted by Crippen LogP contribution is -2.54. The molecule has 120 valence electrons. The van der Waals surface area contributed by atoms with Gasteiger partial charge in [0.25, 0.3) is 0 Å². The quantitative estimate of drug-likeness (QED) is 0.851. The maximum absolute atomic E-state index is 14.4. The summed E-state index contributed by atoms with van der Waals surface area (Å²) in [5, 5.41) is -0.156. The lowest BCUT2D eigenvalue weighted by atomic mass is 10.2. The van der Waals surface area contributed by atoms with Crippen molar-refractivity contribution in [3.63, 3.8) is 0 Å². The molecule has 4 nitrogen and oxygen atoms in total. The fourth-order valence-electron chi connectivity index (χ4n) is 1.86. The van der Waals surface area contributed by atoms with Gasteiger partial charge in [0.2, 0.25) is 10.0 Å². The average molecular weight is 352 g/mol. The summed E-state index contributed by atoms with van der Waals surface area (Å²) in [5.74, 6) is -0.638. The van der Waals surface area contributed by atoms with Crippen molar-refractivity contribution in [3.8, 4) is 0 Å². The minimum Gasteiger partial charge on any atom is -0.376 e. The Labute approximate surface area is 130 Å². The van der Waals surface area contributed by atoms with Crippen molar-refractivity contribution in [1.82, 2.24) is 4.39 Å². The predicted molar refractivity (Wildman–Crippen MR) is 85.2 cm³/mol. The van der Waals surface area contributed by atoms with Crippen LogP contribution in [-0.4, -0.2) is 23.3 Å². The molecule has 1 aliphatic heterocycles. The molecule has 1 N–H and O–H groups in total. The van der Waals surface area contributed by atoms with Gasteiger partial charge in [-0.1, -0.05) is 33.9 Å². The van der Waals surface area contributed by atoms with Crippen LogP contribution in [-0.2, 0) is 27.8 Å². The van der Waals surface area contributed by atoms with Crippen molar-refractivity contribution in [2.75, 3.05) is 6.61 Å². The number of halogens is 1. The van der Waals surface area contributed by atoms with E-state index in [-0.39, 0.29) is 15.9 Å². The number of sulfonamides is 1. The van der Waals surface area contributed by atoms with E-state index in [1.54, 1.807) is 0 Å². The Kier molecular flexibility index (Phi) is 4.40. The highest BCUT2D eigenvalue weighted by atomic mass is 32.2. The fraction of sp³-hybridized carbons (Fsp3) is 0.692. The van der Waals surface area contributed by atoms with Crippen molar-refractivity contribution >= 4 is 29.6 Å². The zero-order valence-corrected chi connectivity index (χ0v) is 15.7. The molecule has 0 radical (unpaired) electrons. The lowest BCUT2D eigenvalue weighted by molar-refractivity contribution is 0.109. The molecule has 2 heterocycles. The molecule has 0 atom stereocenters. The summed E-state index contributed by atoms with van der Waals surface area (Å²) in [4.78, 5) is 0.786. The average Bonchev–Trinajstić information content (AvgIpc) is 2.65. The normalized spacial score (nSPS) is 16.9. The van der Waals surface area contributed by atoms with Crippen LogP contribution in [0.1, 0.15) is 31.2 Å². The van der Waals surface area contributed by atoms with Crippen LogP contribution >= 0.6 is 11.3 Å². The van der Waals surface area contributed by atoms with Crippen LogP contribution in [0.4, 0.5) is 4.39 Å². The van der Waals surface area contributed by atoms with Crippen LogP contribution in [0.15, 0.2) is 4.21 Å². The van der Waals surface area contributed by atoms with Crippen molar-refractivity contribution in [1.29, 1.82) is 0 Å². The van der Waals surface area contributed by atoms with Crippen molar-refractivity contribution in [3.05, 3.63) is 16.3 Å². The molecule has 8 heteroatoms. The Hall–Kier alpha value is -0.283. The largest absolute Gasteiger partial charge is 0.376 e. The van der Waals surface area contributed by atoms with Gasteiger partial charge in [0, 0.05) is 16.9 Å². The third-order valence-corrected chi connectivity index (χ3v) is 13.7. The first-order chi connectivity index (χ1) is 9.46. The number of fused-ring (bicyclic) bond motifs is 1. The minimum absolute atomic E-state index is 0.156. The van der Waals surface area contributed by atoms with Crippen LogP contribution in [0.3, 0.4) is 0 Å². The van der Waals surface area contributed by atoms with E-state index in [9.17, 15) is 12.8 Å². The standard InChI is InChI=1S/C13H22FNO3S2Si/c1-13(2,3)21(4,5)15-20(16,17)12-11(14)9-8-18-7-6-10(9)19-12/h15H,6-8H2,1-5H3. The topological polar surface area (TPSA) is 55.4 Å². The van der Waals surface area contributed by atoms with Gasteiger partial charge in [-0.25, -0.2) is 17.2 Å². The molecule has 0 unspecified atom stereocenters. The van der Waals surface area contributed by atoms with Crippen LogP contribution in [0, 0.1) is 5.82 Å². The number of rotatable bonds is 3. The molecule has 0 aromatic carbocycles. The smallest absolute Gasteiger partial charge is 0.247 e. The number of hydrogen-bond acceptors (Lipinski definition) is 4. The van der Waals surface area contributed by atoms with Gasteiger partial charge in [0.1, 0.15) is 8.24 Å². The van der Waals surface area contributed by atoms with E-state index in [0.717, 1.165) is 16.2 Å². The van der Waals surface area contributed by atoms with Gasteiger partial charge in [-0.15, -0.1) is 11.3 Å². The van der Waals surface area contributed by atoms with Gasteiger partial charge in [-0.3, -0.25) is 0 Å². The van der Waals surface area contributed by atoms with Gasteiger partial charge >= 0.3 is 0 Å². The Morgan fingerprint density at radius 2 is 1.95 bits per heavy atom. The van der Waals surface area contributed by atoms with E-state index >= 15 is 0 Å². The van der Waals surface area contributed by atoms with Crippen molar-refractivity contribution < 1.29 is 17.5 Å². The molecule has 1 aromatic heterocycles. The summed E-state index contributed by atoms with van der Waals surface area (Å²) in [6.45, 7) is 10.6. The van der Waals surface area contributed by atoms with Gasteiger partial charge in [-0.05, 0) is 5.04 Å². The summed E-state index contributed by atoms with van der Waals surface area (Å²) in [6, 6.07) is 0. The molecule has 0 bridgehead atoms. The van der Waals surface area contributed by atoms with Crippen LogP contribution in [0.25, 0.3) is 0 Å². The summed E-state index contributed by atoms with van der Waals surface area (Å²) in [6.07, 6.45) is 0.576. The zero-order valence-electron chi connectivity index (χ0n) is 13.0. The molecular formula is C13H22FNO3S2Si. The first kappa shape index (κ1) is 17.1. The number of thiophene rings is 1. The monoisotopic (exact) mass is 351 g/mol. The lowest BCUT2D eigenvalue weighted by Gasteiger charge is -2.36. The van der Waals surface area contributed by atoms with Crippen molar-refractivity contribution in [2.24, 2.45) is 0 Å². The summed E-state index contributed by atoms with van der Waals surface area (Å²) >= 11 is 1.04. The summed E-state index contributed by atoms with van der Waals surface area (Å²) < 4.78 is 47.4. The maximum atomic E-state index is 14.4. The van der Waals surface area contributed by atoms with Crippen LogP contribution in [0.2, 0.25) is 18.1 Å². The number of ether oxygens (including phenoxy) is 1. The van der Waals surface area contributed by atoms with Gasteiger partial charge in [-0.2, -0.15) is 0 Å². The van der Waals surface area contributed by atoms with E-state index in [0.29, 0.717) is 18.6 Å². The molecular weight excluding hydrogens is 329 g/mol. The summed E-state index contributed by atoms with van der Waals surface area (Å²) in [5.41, 5.74) is 0.404. The molecule has 1 aromatic rings. The first-order valence-corrected chi connectivity index (χ1v) is 12.2. The van der Waals surface area contributed by atoms with Crippen LogP contribution in [0.5, 0.6) is 0 Å². The minimum atomic E-state index is -3.83. The molecule has 2 rings (SSSR count). The highest BCUT2D eigenvalue weighted by molar-refractivity contribution is 7.93. The Morgan fingerprint density at radius 3 is 2.48 bits per heavy atom. The SMILES string of the molecule is CC(C)(C)[Si](C)(C)NS(=O)(=O)c1sc2c(c1F)COCC2. The van der Waals surface area contributed by atoms with E-state index in [1.165, 1.54) is 0 Å². The van der Waals surface area contributed by atoms with E-state index in [1.807, 2.05) is 33.9 Å². The van der Waals surface area contributed by atoms with E-state index in [2.05, 4.69) is 4.39 Å². The second-order valence-electron chi connectivity index (χ2n) is 6.89. The molecule has 0 spiro atoms. The molecule has 0 saturated heterocycles. The fourth-order valence-corrected chi connectivity index (χ4v) is 8.51. The second-order valence-corrected chi connectivity index (χ2v) is 15.2. The second kappa shape index (κ2) is 5.41. The molecule has 0 saturated carbocycles. The third-order valence-electron chi connectivity index (χ3n) is 4.23. The Balaban J connectivity index is 2.39. The Morgan fingerprint density at radius 1 is 1.33 bits per heavy atom. The maximum Gasteiger partial charge on any atom is 0.247 e.